The van der Waals surface area contributed by atoms with Crippen LogP contribution in [-0.4, -0.2) is 47.5 Å². The van der Waals surface area contributed by atoms with Crippen LogP contribution in [0.1, 0.15) is 16.8 Å². The third-order valence-electron chi connectivity index (χ3n) is 2.61. The Balaban J connectivity index is 3.01. The van der Waals surface area contributed by atoms with Gasteiger partial charge in [0.05, 0.1) is 10.5 Å². The number of nitrogens with zero attached hydrogens (tertiary/aromatic N) is 3. The van der Waals surface area contributed by atoms with E-state index in [0.717, 1.165) is 12.3 Å². The summed E-state index contributed by atoms with van der Waals surface area (Å²) >= 11 is 0. The number of aromatic carboxylic acids is 1. The van der Waals surface area contributed by atoms with Gasteiger partial charge in [-0.3, -0.25) is 14.9 Å². The van der Waals surface area contributed by atoms with Gasteiger partial charge in [0.1, 0.15) is 0 Å². The number of carboxylic acid groups (broad SMARTS) is 1. The van der Waals surface area contributed by atoms with Gasteiger partial charge in [-0.1, -0.05) is 0 Å². The highest BCUT2D eigenvalue weighted by atomic mass is 16.6. The molecule has 1 heterocycles. The highest BCUT2D eigenvalue weighted by molar-refractivity contribution is 5.88. The number of amides is 1. The number of pyridine rings is 1. The van der Waals surface area contributed by atoms with Crippen LogP contribution < -0.4 is 10.2 Å². The summed E-state index contributed by atoms with van der Waals surface area (Å²) in [5.41, 5.74) is -0.676. The highest BCUT2D eigenvalue weighted by Gasteiger charge is 2.21. The Bertz CT molecular complexity index is 546. The van der Waals surface area contributed by atoms with E-state index in [1.165, 1.54) is 11.9 Å². The molecule has 2 N–H and O–H groups in total. The van der Waals surface area contributed by atoms with Gasteiger partial charge in [-0.2, -0.15) is 0 Å². The molecule has 1 aromatic heterocycles. The lowest BCUT2D eigenvalue weighted by Crippen LogP contribution is -2.27. The van der Waals surface area contributed by atoms with Crippen molar-refractivity contribution in [2.45, 2.75) is 6.42 Å². The molecular formula is C11H14N4O5. The predicted octanol–water partition coefficient (Wildman–Crippen LogP) is 0.260. The molecule has 0 aliphatic rings. The van der Waals surface area contributed by atoms with E-state index in [-0.39, 0.29) is 30.3 Å². The molecule has 0 radical (unpaired) electrons. The SMILES string of the molecule is CNC(=O)CCN(C)c1ncc(C(=O)O)cc1[N+](=O)[O-]. The van der Waals surface area contributed by atoms with Crippen molar-refractivity contribution in [3.05, 3.63) is 27.9 Å². The number of nitrogens with one attached hydrogen (secondary N) is 1. The fourth-order valence-corrected chi connectivity index (χ4v) is 1.49. The van der Waals surface area contributed by atoms with E-state index in [2.05, 4.69) is 10.3 Å². The maximum atomic E-state index is 11.1. The van der Waals surface area contributed by atoms with Crippen LogP contribution in [0.3, 0.4) is 0 Å². The number of aromatic nitrogens is 1. The third kappa shape index (κ3) is 3.64. The molecule has 0 spiro atoms. The summed E-state index contributed by atoms with van der Waals surface area (Å²) in [6.45, 7) is 0.222. The summed E-state index contributed by atoms with van der Waals surface area (Å²) in [7, 11) is 3.03. The molecule has 0 aliphatic carbocycles. The van der Waals surface area contributed by atoms with E-state index in [1.807, 2.05) is 0 Å². The molecule has 0 bridgehead atoms. The summed E-state index contributed by atoms with van der Waals surface area (Å²) in [5, 5.41) is 22.2. The van der Waals surface area contributed by atoms with Gasteiger partial charge in [-0.25, -0.2) is 9.78 Å². The Morgan fingerprint density at radius 3 is 2.70 bits per heavy atom. The van der Waals surface area contributed by atoms with Crippen molar-refractivity contribution in [3.8, 4) is 0 Å². The fraction of sp³-hybridized carbons (Fsp3) is 0.364. The van der Waals surface area contributed by atoms with Crippen LogP contribution in [0.2, 0.25) is 0 Å². The fourth-order valence-electron chi connectivity index (χ4n) is 1.49. The van der Waals surface area contributed by atoms with Crippen LogP contribution in [0.25, 0.3) is 0 Å². The lowest BCUT2D eigenvalue weighted by Gasteiger charge is -2.17. The topological polar surface area (TPSA) is 126 Å². The number of carbonyl (C=O) groups excluding carboxylic acids is 1. The van der Waals surface area contributed by atoms with Gasteiger partial charge in [0.25, 0.3) is 0 Å². The summed E-state index contributed by atoms with van der Waals surface area (Å²) in [5.74, 6) is -1.48. The van der Waals surface area contributed by atoms with E-state index in [9.17, 15) is 19.7 Å². The minimum absolute atomic E-state index is 0.0175. The zero-order valence-corrected chi connectivity index (χ0v) is 11.0. The third-order valence-corrected chi connectivity index (χ3v) is 2.61. The second kappa shape index (κ2) is 6.45. The normalized spacial score (nSPS) is 9.90. The lowest BCUT2D eigenvalue weighted by molar-refractivity contribution is -0.384. The standard InChI is InChI=1S/C11H14N4O5/c1-12-9(16)3-4-14(2)10-8(15(19)20)5-7(6-13-10)11(17)18/h5-6H,3-4H2,1-2H3,(H,12,16)(H,17,18). The quantitative estimate of drug-likeness (QED) is 0.566. The Kier molecular flexibility index (Phi) is 4.95. The first-order chi connectivity index (χ1) is 9.36. The second-order valence-electron chi connectivity index (χ2n) is 3.97. The van der Waals surface area contributed by atoms with Gasteiger partial charge < -0.3 is 15.3 Å². The van der Waals surface area contributed by atoms with Crippen LogP contribution in [0.15, 0.2) is 12.3 Å². The van der Waals surface area contributed by atoms with Gasteiger partial charge in [0, 0.05) is 39.3 Å². The van der Waals surface area contributed by atoms with Crippen molar-refractivity contribution in [2.75, 3.05) is 25.5 Å². The van der Waals surface area contributed by atoms with Gasteiger partial charge in [-0.05, 0) is 0 Å². The van der Waals surface area contributed by atoms with Crippen molar-refractivity contribution in [1.82, 2.24) is 10.3 Å². The number of anilines is 1. The average Bonchev–Trinajstić information content (AvgIpc) is 2.43. The van der Waals surface area contributed by atoms with Gasteiger partial charge in [0.15, 0.2) is 0 Å². The van der Waals surface area contributed by atoms with E-state index in [1.54, 1.807) is 7.05 Å². The predicted molar refractivity (Wildman–Crippen MR) is 69.8 cm³/mol. The average molecular weight is 282 g/mol. The van der Waals surface area contributed by atoms with Gasteiger partial charge in [-0.15, -0.1) is 0 Å². The van der Waals surface area contributed by atoms with Crippen molar-refractivity contribution >= 4 is 23.4 Å². The number of rotatable bonds is 6. The van der Waals surface area contributed by atoms with Crippen LogP contribution >= 0.6 is 0 Å². The minimum Gasteiger partial charge on any atom is -0.478 e. The van der Waals surface area contributed by atoms with Gasteiger partial charge >= 0.3 is 11.7 Å². The monoisotopic (exact) mass is 282 g/mol. The molecule has 0 unspecified atom stereocenters. The number of hydrogen-bond donors (Lipinski definition) is 2. The Morgan fingerprint density at radius 2 is 2.20 bits per heavy atom. The van der Waals surface area contributed by atoms with Crippen molar-refractivity contribution in [3.63, 3.8) is 0 Å². The summed E-state index contributed by atoms with van der Waals surface area (Å²) in [4.78, 5) is 37.4. The molecule has 9 nitrogen and oxygen atoms in total. The van der Waals surface area contributed by atoms with Crippen molar-refractivity contribution < 1.29 is 19.6 Å². The first-order valence-electron chi connectivity index (χ1n) is 5.66. The van der Waals surface area contributed by atoms with E-state index in [0.29, 0.717) is 0 Å². The Labute approximate surface area is 114 Å². The highest BCUT2D eigenvalue weighted by Crippen LogP contribution is 2.25. The van der Waals surface area contributed by atoms with Crippen LogP contribution in [0.5, 0.6) is 0 Å². The van der Waals surface area contributed by atoms with Gasteiger partial charge in [0.2, 0.25) is 11.7 Å². The number of carboxylic acids is 1. The number of hydrogen-bond acceptors (Lipinski definition) is 6. The maximum absolute atomic E-state index is 11.1. The maximum Gasteiger partial charge on any atom is 0.337 e. The zero-order valence-electron chi connectivity index (χ0n) is 11.0. The van der Waals surface area contributed by atoms with Crippen LogP contribution in [-0.2, 0) is 4.79 Å². The number of carbonyl (C=O) groups is 2. The molecule has 9 heteroatoms. The van der Waals surface area contributed by atoms with E-state index < -0.39 is 16.6 Å². The molecule has 0 saturated heterocycles. The smallest absolute Gasteiger partial charge is 0.337 e. The first kappa shape index (κ1) is 15.3. The number of nitro groups is 1. The first-order valence-corrected chi connectivity index (χ1v) is 5.66. The summed E-state index contributed by atoms with van der Waals surface area (Å²) in [6.07, 6.45) is 1.19. The molecule has 1 aromatic rings. The second-order valence-corrected chi connectivity index (χ2v) is 3.97. The van der Waals surface area contributed by atoms with E-state index in [4.69, 9.17) is 5.11 Å². The Hall–Kier alpha value is -2.71. The molecule has 1 rings (SSSR count). The van der Waals surface area contributed by atoms with Crippen LogP contribution in [0.4, 0.5) is 11.5 Å². The molecular weight excluding hydrogens is 268 g/mol. The Morgan fingerprint density at radius 1 is 1.55 bits per heavy atom. The molecule has 0 aliphatic heterocycles. The molecule has 108 valence electrons. The molecule has 0 saturated carbocycles. The molecule has 0 atom stereocenters. The molecule has 0 aromatic carbocycles. The van der Waals surface area contributed by atoms with Crippen molar-refractivity contribution in [2.24, 2.45) is 0 Å². The zero-order chi connectivity index (χ0) is 15.3. The molecule has 20 heavy (non-hydrogen) atoms. The van der Waals surface area contributed by atoms with E-state index >= 15 is 0 Å². The van der Waals surface area contributed by atoms with Crippen LogP contribution in [0, 0.1) is 10.1 Å². The molecule has 1 amide bonds. The molecule has 0 fully saturated rings. The van der Waals surface area contributed by atoms with Crippen molar-refractivity contribution in [1.29, 1.82) is 0 Å². The summed E-state index contributed by atoms with van der Waals surface area (Å²) < 4.78 is 0. The minimum atomic E-state index is -1.29. The lowest BCUT2D eigenvalue weighted by atomic mass is 10.2. The largest absolute Gasteiger partial charge is 0.478 e. The summed E-state index contributed by atoms with van der Waals surface area (Å²) in [6, 6.07) is 0.945.